The van der Waals surface area contributed by atoms with E-state index in [1.165, 1.54) is 12.8 Å². The van der Waals surface area contributed by atoms with Crippen LogP contribution in [-0.2, 0) is 0 Å². The van der Waals surface area contributed by atoms with Gasteiger partial charge in [0.05, 0.1) is 0 Å². The largest absolute Gasteiger partial charge is 0.106 e. The van der Waals surface area contributed by atoms with Crippen molar-refractivity contribution in [1.29, 1.82) is 0 Å². The van der Waals surface area contributed by atoms with E-state index in [1.807, 2.05) is 144 Å². The Kier molecular flexibility index (Phi) is 568. The molecule has 0 heterocycles. The van der Waals surface area contributed by atoms with Crippen molar-refractivity contribution in [3.63, 3.8) is 0 Å². The first kappa shape index (κ1) is 112. The molecule has 0 rings (SSSR count). The minimum atomic E-state index is 1.08. The summed E-state index contributed by atoms with van der Waals surface area (Å²) in [5, 5.41) is 0. The molecule has 372 valence electrons. The highest BCUT2D eigenvalue weighted by Gasteiger charge is 1.60. The smallest absolute Gasteiger partial charge is 0.0379 e. The molecule has 0 saturated heterocycles. The molecule has 0 aromatic rings. The third-order valence-electron chi connectivity index (χ3n) is 3.74. The van der Waals surface area contributed by atoms with E-state index in [0.717, 1.165) is 38.5 Å². The number of rotatable bonds is 8. The lowest BCUT2D eigenvalue weighted by Crippen LogP contribution is -1.51. The molecule has 0 saturated carbocycles. The van der Waals surface area contributed by atoms with E-state index >= 15 is 0 Å². The van der Waals surface area contributed by atoms with Gasteiger partial charge in [-0.25, -0.2) is 0 Å². The molecule has 0 unspecified atom stereocenters. The van der Waals surface area contributed by atoms with Gasteiger partial charge >= 0.3 is 0 Å². The fourth-order valence-corrected chi connectivity index (χ4v) is 0.805. The predicted octanol–water partition coefficient (Wildman–Crippen LogP) is 24.6. The maximum absolute atomic E-state index is 3.48. The summed E-state index contributed by atoms with van der Waals surface area (Å²) in [6.45, 7) is 85.8. The summed E-state index contributed by atoms with van der Waals surface area (Å²) in [6.07, 6.45) is 48.2. The third-order valence-corrected chi connectivity index (χ3v) is 3.74. The minimum Gasteiger partial charge on any atom is -0.106 e. The summed E-state index contributed by atoms with van der Waals surface area (Å²) in [5.74, 6) is 0. The minimum absolute atomic E-state index is 1.08. The van der Waals surface area contributed by atoms with Crippen molar-refractivity contribution < 1.29 is 0 Å². The first-order valence-electron chi connectivity index (χ1n) is 22.6. The van der Waals surface area contributed by atoms with E-state index in [9.17, 15) is 0 Å². The van der Waals surface area contributed by atoms with E-state index in [4.69, 9.17) is 0 Å². The summed E-state index contributed by atoms with van der Waals surface area (Å²) >= 11 is 0. The van der Waals surface area contributed by atoms with Crippen LogP contribution >= 0.6 is 0 Å². The van der Waals surface area contributed by atoms with Crippen LogP contribution < -0.4 is 0 Å². The molecule has 0 radical (unpaired) electrons. The maximum atomic E-state index is 3.48. The van der Waals surface area contributed by atoms with Crippen LogP contribution in [0.1, 0.15) is 190 Å². The second kappa shape index (κ2) is 314. The lowest BCUT2D eigenvalue weighted by molar-refractivity contribution is 1.16. The Morgan fingerprint density at radius 1 is 0.210 bits per heavy atom. The molecule has 0 N–H and O–H groups in total. The normalized spacial score (nSPS) is 7.10. The Morgan fingerprint density at radius 3 is 0.323 bits per heavy atom. The molecular formula is C62H124. The van der Waals surface area contributed by atoms with Crippen molar-refractivity contribution in [1.82, 2.24) is 0 Å². The Balaban J connectivity index is -0.0000000233. The van der Waals surface area contributed by atoms with E-state index in [1.54, 1.807) is 24.3 Å². The molecule has 0 nitrogen and oxygen atoms in total. The molecule has 0 aliphatic rings. The lowest BCUT2D eigenvalue weighted by Gasteiger charge is -1.72. The van der Waals surface area contributed by atoms with Gasteiger partial charge in [0.25, 0.3) is 0 Å². The first-order valence-corrected chi connectivity index (χ1v) is 22.6. The second-order valence-corrected chi connectivity index (χ2v) is 9.66. The quantitative estimate of drug-likeness (QED) is 0.213. The monoisotopic (exact) mass is 869 g/mol. The summed E-state index contributed by atoms with van der Waals surface area (Å²) in [7, 11) is 0. The summed E-state index contributed by atoms with van der Waals surface area (Å²) in [4.78, 5) is 0. The molecule has 0 amide bonds. The predicted molar refractivity (Wildman–Crippen MR) is 321 cm³/mol. The zero-order valence-corrected chi connectivity index (χ0v) is 47.1. The Hall–Kier alpha value is -4.42. The summed E-state index contributed by atoms with van der Waals surface area (Å²) in [5.41, 5.74) is 0. The average Bonchev–Trinajstić information content (AvgIpc) is 3.32. The molecule has 0 atom stereocenters. The maximum Gasteiger partial charge on any atom is -0.0379 e. The van der Waals surface area contributed by atoms with Gasteiger partial charge in [0.15, 0.2) is 0 Å². The molecule has 0 heteroatoms. The van der Waals surface area contributed by atoms with Gasteiger partial charge in [-0.2, -0.15) is 0 Å². The number of allylic oxidation sites excluding steroid dienone is 20. The highest BCUT2D eigenvalue weighted by atomic mass is 13.7. The van der Waals surface area contributed by atoms with Gasteiger partial charge in [-0.15, -0.1) is 92.1 Å². The molecular weight excluding hydrogens is 745 g/mol. The molecule has 0 bridgehead atoms. The molecule has 0 spiro atoms. The zero-order valence-electron chi connectivity index (χ0n) is 47.1. The van der Waals surface area contributed by atoms with Crippen LogP contribution in [0.25, 0.3) is 0 Å². The highest BCUT2D eigenvalue weighted by Crippen LogP contribution is 1.81. The van der Waals surface area contributed by atoms with Crippen LogP contribution in [0.4, 0.5) is 0 Å². The number of hydrogen-bond acceptors (Lipinski definition) is 0. The zero-order chi connectivity index (χ0) is 53.8. The van der Waals surface area contributed by atoms with Gasteiger partial charge in [0.2, 0.25) is 0 Å². The molecule has 62 heavy (non-hydrogen) atoms. The fourth-order valence-electron chi connectivity index (χ4n) is 0.805. The second-order valence-electron chi connectivity index (χ2n) is 9.66. The van der Waals surface area contributed by atoms with Crippen molar-refractivity contribution in [2.75, 3.05) is 0 Å². The average molecular weight is 870 g/mol. The third kappa shape index (κ3) is 1800. The van der Waals surface area contributed by atoms with Crippen LogP contribution in [-0.4, -0.2) is 0 Å². The van der Waals surface area contributed by atoms with Crippen LogP contribution in [0, 0.1) is 0 Å². The van der Waals surface area contributed by atoms with Crippen molar-refractivity contribution in [2.45, 2.75) is 190 Å². The van der Waals surface area contributed by atoms with Gasteiger partial charge in [-0.05, 0) is 134 Å². The van der Waals surface area contributed by atoms with Crippen LogP contribution in [0.3, 0.4) is 0 Å². The molecule has 0 aromatic heterocycles. The van der Waals surface area contributed by atoms with Gasteiger partial charge in [-0.1, -0.05) is 177 Å². The van der Waals surface area contributed by atoms with Crippen molar-refractivity contribution >= 4 is 0 Å². The topological polar surface area (TPSA) is 0 Å². The fraction of sp³-hybridized carbons (Fsp3) is 0.452. The van der Waals surface area contributed by atoms with E-state index in [0.29, 0.717) is 0 Å². The van der Waals surface area contributed by atoms with E-state index in [2.05, 4.69) is 184 Å². The van der Waals surface area contributed by atoms with Gasteiger partial charge in [0.1, 0.15) is 0 Å². The Labute approximate surface area is 401 Å². The summed E-state index contributed by atoms with van der Waals surface area (Å²) in [6, 6.07) is 0. The molecule has 0 fully saturated rings. The SMILES string of the molecule is C/C=C/C.C/C=C/C.C/C=C/C.C/C=C/CC.C/C=C/CC.C=C.C=C.C=C.C=CC.C=CC.C=CC.C=CC.C=CCC.C=CCC.C=CCC.C=CCC.CC/C=C/CC. The first-order chi connectivity index (χ1) is 29.8. The van der Waals surface area contributed by atoms with Crippen molar-refractivity contribution in [3.05, 3.63) is 214 Å². The van der Waals surface area contributed by atoms with Gasteiger partial charge in [0, 0.05) is 0 Å². The van der Waals surface area contributed by atoms with E-state index in [-0.39, 0.29) is 0 Å². The standard InChI is InChI=1S/C6H12.2C5H10.7C4H8.4C3H6.3C2H4/c1-3-5-6-4-2;2*1-3-5-4-2;7*1-3-4-2;4*1-3-2;3*1-2/h5-6H,3-4H2,1-2H3;2*3,5H,4H2,1-2H3;3*3-4H,1-2H3;4*3H,1,4H2,2H3;4*3H,1H2,2H3;3*1-2H2/b6-5+;2*5-3+;3*4-3+;;;;;;;;;;;. The Bertz CT molecular complexity index is 628. The van der Waals surface area contributed by atoms with Crippen LogP contribution in [0.2, 0.25) is 0 Å². The van der Waals surface area contributed by atoms with Crippen LogP contribution in [0.15, 0.2) is 214 Å². The molecule has 0 aromatic carbocycles. The highest BCUT2D eigenvalue weighted by molar-refractivity contribution is 4.77. The Morgan fingerprint density at radius 2 is 0.306 bits per heavy atom. The van der Waals surface area contributed by atoms with Gasteiger partial charge < -0.3 is 0 Å². The molecule has 0 aliphatic carbocycles. The number of hydrogen-bond donors (Lipinski definition) is 0. The van der Waals surface area contributed by atoms with E-state index < -0.39 is 0 Å². The van der Waals surface area contributed by atoms with Crippen molar-refractivity contribution in [3.8, 4) is 0 Å². The summed E-state index contributed by atoms with van der Waals surface area (Å²) < 4.78 is 0. The van der Waals surface area contributed by atoms with Crippen molar-refractivity contribution in [2.24, 2.45) is 0 Å². The lowest BCUT2D eigenvalue weighted by atomic mass is 10.4. The molecule has 0 aliphatic heterocycles. The van der Waals surface area contributed by atoms with Gasteiger partial charge in [-0.3, -0.25) is 0 Å². The van der Waals surface area contributed by atoms with Crippen LogP contribution in [0.5, 0.6) is 0 Å².